The molecule has 1 saturated carbocycles. The molecule has 2 aliphatic heterocycles. The van der Waals surface area contributed by atoms with Gasteiger partial charge in [0.2, 0.25) is 5.91 Å². The standard InChI is InChI=1S/C22H30N8O3/c1-15-18(14-33-20(15)31)30-12-11-22(21(30)32)9-7-17(8-10-22)28(3)13-16-5-6-19(25-24-16)29(4)27-26-23-2/h5-6,17H,2,7-14H2,1,3-4H3/b27-26-. The summed E-state index contributed by atoms with van der Waals surface area (Å²) in [5.41, 5.74) is 1.87. The maximum Gasteiger partial charge on any atom is 0.336 e. The first-order chi connectivity index (χ1) is 15.8. The number of likely N-dealkylation sites (tertiary alicyclic amines) is 1. The molecular formula is C22H30N8O3. The Balaban J connectivity index is 1.33. The van der Waals surface area contributed by atoms with Crippen LogP contribution in [0, 0.1) is 5.41 Å². The number of carbonyl (C=O) groups is 2. The summed E-state index contributed by atoms with van der Waals surface area (Å²) in [5.74, 6) is 0.410. The highest BCUT2D eigenvalue weighted by Gasteiger charge is 2.50. The van der Waals surface area contributed by atoms with Crippen molar-refractivity contribution in [3.63, 3.8) is 0 Å². The van der Waals surface area contributed by atoms with E-state index >= 15 is 0 Å². The van der Waals surface area contributed by atoms with Crippen LogP contribution in [0.5, 0.6) is 0 Å². The first kappa shape index (κ1) is 23.0. The highest BCUT2D eigenvalue weighted by Crippen LogP contribution is 2.47. The van der Waals surface area contributed by atoms with Gasteiger partial charge in [0.05, 0.1) is 22.4 Å². The van der Waals surface area contributed by atoms with Crippen LogP contribution in [-0.2, 0) is 20.9 Å². The number of carbonyl (C=O) groups excluding carboxylic acids is 2. The second-order valence-electron chi connectivity index (χ2n) is 9.01. The number of aromatic nitrogens is 2. The molecule has 176 valence electrons. The van der Waals surface area contributed by atoms with Crippen LogP contribution in [0.4, 0.5) is 5.82 Å². The fraction of sp³-hybridized carbons (Fsp3) is 0.591. The number of nitrogens with zero attached hydrogens (tertiary/aromatic N) is 8. The Morgan fingerprint density at radius 1 is 1.21 bits per heavy atom. The zero-order valence-corrected chi connectivity index (χ0v) is 19.4. The van der Waals surface area contributed by atoms with Crippen molar-refractivity contribution in [1.82, 2.24) is 20.0 Å². The van der Waals surface area contributed by atoms with E-state index in [4.69, 9.17) is 4.74 Å². The van der Waals surface area contributed by atoms with Gasteiger partial charge in [-0.05, 0) is 68.7 Å². The minimum atomic E-state index is -0.315. The summed E-state index contributed by atoms with van der Waals surface area (Å²) < 4.78 is 5.11. The lowest BCUT2D eigenvalue weighted by molar-refractivity contribution is -0.138. The van der Waals surface area contributed by atoms with Crippen molar-refractivity contribution in [3.05, 3.63) is 29.1 Å². The lowest BCUT2D eigenvalue weighted by atomic mass is 9.71. The summed E-state index contributed by atoms with van der Waals surface area (Å²) in [6.07, 6.45) is 4.46. The molecular weight excluding hydrogens is 424 g/mol. The lowest BCUT2D eigenvalue weighted by Gasteiger charge is -2.39. The normalized spacial score (nSPS) is 25.6. The highest BCUT2D eigenvalue weighted by molar-refractivity contribution is 5.94. The Morgan fingerprint density at radius 2 is 1.97 bits per heavy atom. The third-order valence-electron chi connectivity index (χ3n) is 7.14. The molecule has 0 atom stereocenters. The molecule has 3 heterocycles. The van der Waals surface area contributed by atoms with E-state index in [1.807, 2.05) is 12.1 Å². The highest BCUT2D eigenvalue weighted by atomic mass is 16.5. The fourth-order valence-corrected chi connectivity index (χ4v) is 5.01. The summed E-state index contributed by atoms with van der Waals surface area (Å²) in [6.45, 7) is 6.55. The molecule has 1 saturated heterocycles. The van der Waals surface area contributed by atoms with Gasteiger partial charge in [-0.15, -0.1) is 10.2 Å². The van der Waals surface area contributed by atoms with E-state index in [9.17, 15) is 9.59 Å². The van der Waals surface area contributed by atoms with E-state index in [1.54, 1.807) is 18.9 Å². The molecule has 1 aromatic rings. The summed E-state index contributed by atoms with van der Waals surface area (Å²) in [4.78, 5) is 29.1. The van der Waals surface area contributed by atoms with Gasteiger partial charge in [-0.25, -0.2) is 9.80 Å². The van der Waals surface area contributed by atoms with Gasteiger partial charge in [0.1, 0.15) is 6.61 Å². The van der Waals surface area contributed by atoms with Crippen LogP contribution in [0.25, 0.3) is 0 Å². The predicted octanol–water partition coefficient (Wildman–Crippen LogP) is 2.32. The van der Waals surface area contributed by atoms with Crippen molar-refractivity contribution in [2.75, 3.05) is 32.3 Å². The van der Waals surface area contributed by atoms with Gasteiger partial charge >= 0.3 is 5.97 Å². The molecule has 0 bridgehead atoms. The summed E-state index contributed by atoms with van der Waals surface area (Å²) >= 11 is 0. The van der Waals surface area contributed by atoms with Gasteiger partial charge in [0.25, 0.3) is 0 Å². The van der Waals surface area contributed by atoms with Crippen molar-refractivity contribution in [2.24, 2.45) is 21.0 Å². The van der Waals surface area contributed by atoms with Crippen molar-refractivity contribution >= 4 is 24.4 Å². The zero-order valence-electron chi connectivity index (χ0n) is 19.4. The Bertz CT molecular complexity index is 982. The third kappa shape index (κ3) is 4.50. The van der Waals surface area contributed by atoms with Crippen LogP contribution < -0.4 is 5.01 Å². The first-order valence-corrected chi connectivity index (χ1v) is 11.2. The van der Waals surface area contributed by atoms with E-state index in [0.717, 1.165) is 43.5 Å². The Hall–Kier alpha value is -3.21. The van der Waals surface area contributed by atoms with Gasteiger partial charge in [0.15, 0.2) is 5.82 Å². The fourth-order valence-electron chi connectivity index (χ4n) is 5.01. The Morgan fingerprint density at radius 3 is 2.58 bits per heavy atom. The monoisotopic (exact) mass is 454 g/mol. The van der Waals surface area contributed by atoms with Crippen LogP contribution in [-0.4, -0.2) is 71.9 Å². The molecule has 33 heavy (non-hydrogen) atoms. The summed E-state index contributed by atoms with van der Waals surface area (Å²) in [6, 6.07) is 4.15. The van der Waals surface area contributed by atoms with Crippen LogP contribution in [0.1, 0.15) is 44.7 Å². The third-order valence-corrected chi connectivity index (χ3v) is 7.14. The van der Waals surface area contributed by atoms with Crippen molar-refractivity contribution < 1.29 is 14.3 Å². The Labute approximate surface area is 193 Å². The molecule has 4 rings (SSSR count). The molecule has 3 aliphatic rings. The second kappa shape index (κ2) is 9.34. The zero-order chi connectivity index (χ0) is 23.6. The molecule has 1 aliphatic carbocycles. The van der Waals surface area contributed by atoms with Crippen LogP contribution in [0.3, 0.4) is 0 Å². The van der Waals surface area contributed by atoms with Gasteiger partial charge in [0, 0.05) is 32.9 Å². The molecule has 1 spiro atoms. The van der Waals surface area contributed by atoms with Gasteiger partial charge in [-0.1, -0.05) is 0 Å². The molecule has 1 amide bonds. The van der Waals surface area contributed by atoms with Crippen molar-refractivity contribution in [2.45, 2.75) is 51.6 Å². The maximum atomic E-state index is 13.3. The lowest BCUT2D eigenvalue weighted by Crippen LogP contribution is -2.42. The predicted molar refractivity (Wildman–Crippen MR) is 121 cm³/mol. The van der Waals surface area contributed by atoms with Gasteiger partial charge < -0.3 is 9.64 Å². The number of esters is 1. The molecule has 11 heteroatoms. The average Bonchev–Trinajstić information content (AvgIpc) is 3.31. The molecule has 0 aromatic carbocycles. The number of ether oxygens (including phenoxy) is 1. The van der Waals surface area contributed by atoms with Crippen LogP contribution in [0.2, 0.25) is 0 Å². The van der Waals surface area contributed by atoms with Crippen molar-refractivity contribution in [1.29, 1.82) is 0 Å². The second-order valence-corrected chi connectivity index (χ2v) is 9.01. The van der Waals surface area contributed by atoms with E-state index in [1.165, 1.54) is 5.01 Å². The summed E-state index contributed by atoms with van der Waals surface area (Å²) in [7, 11) is 3.80. The SMILES string of the molecule is C=N/N=N\N(C)c1ccc(CN(C)C2CCC3(CC2)CCN(C2=C(C)C(=O)OC2)C3=O)nn1. The topological polar surface area (TPSA) is 116 Å². The molecule has 0 radical (unpaired) electrons. The average molecular weight is 455 g/mol. The number of cyclic esters (lactones) is 1. The van der Waals surface area contributed by atoms with Crippen LogP contribution >= 0.6 is 0 Å². The first-order valence-electron chi connectivity index (χ1n) is 11.2. The smallest absolute Gasteiger partial charge is 0.336 e. The Kier molecular flexibility index (Phi) is 6.50. The number of hydrogen-bond donors (Lipinski definition) is 0. The van der Waals surface area contributed by atoms with E-state index in [-0.39, 0.29) is 23.9 Å². The molecule has 0 unspecified atom stereocenters. The van der Waals surface area contributed by atoms with Gasteiger partial charge in [-0.3, -0.25) is 9.69 Å². The molecule has 0 N–H and O–H groups in total. The van der Waals surface area contributed by atoms with Crippen molar-refractivity contribution in [3.8, 4) is 0 Å². The molecule has 1 aromatic heterocycles. The molecule has 2 fully saturated rings. The van der Waals surface area contributed by atoms with Gasteiger partial charge in [-0.2, -0.15) is 5.10 Å². The number of hydrogen-bond acceptors (Lipinski definition) is 8. The van der Waals surface area contributed by atoms with E-state index in [2.05, 4.69) is 44.4 Å². The number of rotatable bonds is 7. The van der Waals surface area contributed by atoms with Crippen LogP contribution in [0.15, 0.2) is 39.0 Å². The largest absolute Gasteiger partial charge is 0.456 e. The summed E-state index contributed by atoms with van der Waals surface area (Å²) in [5, 5.41) is 20.6. The minimum Gasteiger partial charge on any atom is -0.456 e. The number of anilines is 1. The molecule has 11 nitrogen and oxygen atoms in total. The van der Waals surface area contributed by atoms with E-state index < -0.39 is 0 Å². The minimum absolute atomic E-state index is 0.158. The number of amides is 1. The van der Waals surface area contributed by atoms with E-state index in [0.29, 0.717) is 30.5 Å². The quantitative estimate of drug-likeness (QED) is 0.269. The maximum absolute atomic E-state index is 13.3.